The number of hydrogen-bond acceptors (Lipinski definition) is 4. The minimum Gasteiger partial charge on any atom is -0.339 e. The van der Waals surface area contributed by atoms with Crippen molar-refractivity contribution < 1.29 is 14.0 Å². The summed E-state index contributed by atoms with van der Waals surface area (Å²) in [5, 5.41) is 0. The maximum atomic E-state index is 13.2. The van der Waals surface area contributed by atoms with Crippen LogP contribution in [0, 0.1) is 17.2 Å². The van der Waals surface area contributed by atoms with Crippen LogP contribution in [0.5, 0.6) is 0 Å². The second-order valence-electron chi connectivity index (χ2n) is 8.03. The number of rotatable bonds is 2. The first-order valence-electron chi connectivity index (χ1n) is 9.09. The molecule has 2 aliphatic heterocycles. The van der Waals surface area contributed by atoms with Crippen LogP contribution in [0.1, 0.15) is 32.4 Å². The highest BCUT2D eigenvalue weighted by Crippen LogP contribution is 2.27. The predicted octanol–water partition coefficient (Wildman–Crippen LogP) is 1.31. The standard InChI is InChI=1S/C19H27FN4O2/c1-19(2,3)18(26)24-10-8-23(9-11-24)17(25)15-12-21-22-16(15)13-4-6-14(20)7-5-13/h4-7,15-16,21-22H,8-12H2,1-3H3. The molecule has 0 spiro atoms. The average molecular weight is 362 g/mol. The number of halogens is 1. The van der Waals surface area contributed by atoms with E-state index in [-0.39, 0.29) is 29.6 Å². The van der Waals surface area contributed by atoms with Crippen LogP contribution in [0.25, 0.3) is 0 Å². The molecule has 142 valence electrons. The highest BCUT2D eigenvalue weighted by Gasteiger charge is 2.38. The van der Waals surface area contributed by atoms with Crippen LogP contribution in [0.15, 0.2) is 24.3 Å². The fourth-order valence-electron chi connectivity index (χ4n) is 3.55. The summed E-state index contributed by atoms with van der Waals surface area (Å²) in [7, 11) is 0. The summed E-state index contributed by atoms with van der Waals surface area (Å²) in [5.41, 5.74) is 6.65. The first-order valence-corrected chi connectivity index (χ1v) is 9.09. The van der Waals surface area contributed by atoms with Gasteiger partial charge in [-0.3, -0.25) is 15.0 Å². The Hall–Kier alpha value is -1.99. The number of hydrogen-bond donors (Lipinski definition) is 2. The highest BCUT2D eigenvalue weighted by molar-refractivity contribution is 5.83. The summed E-state index contributed by atoms with van der Waals surface area (Å²) >= 11 is 0. The van der Waals surface area contributed by atoms with Gasteiger partial charge in [0.15, 0.2) is 0 Å². The zero-order valence-electron chi connectivity index (χ0n) is 15.6. The van der Waals surface area contributed by atoms with Crippen molar-refractivity contribution in [2.45, 2.75) is 26.8 Å². The second-order valence-corrected chi connectivity index (χ2v) is 8.03. The molecule has 2 heterocycles. The van der Waals surface area contributed by atoms with Crippen LogP contribution in [0.3, 0.4) is 0 Å². The third-order valence-corrected chi connectivity index (χ3v) is 5.05. The van der Waals surface area contributed by atoms with Gasteiger partial charge in [0.25, 0.3) is 0 Å². The molecule has 0 radical (unpaired) electrons. The molecular formula is C19H27FN4O2. The maximum absolute atomic E-state index is 13.2. The van der Waals surface area contributed by atoms with Gasteiger partial charge in [-0.05, 0) is 17.7 Å². The van der Waals surface area contributed by atoms with Gasteiger partial charge in [-0.15, -0.1) is 0 Å². The van der Waals surface area contributed by atoms with Crippen LogP contribution in [0.2, 0.25) is 0 Å². The first kappa shape index (κ1) is 18.8. The Morgan fingerprint density at radius 3 is 2.19 bits per heavy atom. The Labute approximate surface area is 153 Å². The van der Waals surface area contributed by atoms with Crippen molar-refractivity contribution in [3.05, 3.63) is 35.6 Å². The van der Waals surface area contributed by atoms with Gasteiger partial charge in [0.1, 0.15) is 5.82 Å². The zero-order chi connectivity index (χ0) is 18.9. The van der Waals surface area contributed by atoms with E-state index in [4.69, 9.17) is 0 Å². The Kier molecular flexibility index (Phi) is 5.29. The van der Waals surface area contributed by atoms with Crippen molar-refractivity contribution >= 4 is 11.8 Å². The van der Waals surface area contributed by atoms with Gasteiger partial charge in [0.2, 0.25) is 11.8 Å². The van der Waals surface area contributed by atoms with Crippen LogP contribution in [-0.4, -0.2) is 54.3 Å². The lowest BCUT2D eigenvalue weighted by atomic mass is 9.93. The van der Waals surface area contributed by atoms with E-state index in [0.29, 0.717) is 32.7 Å². The fourth-order valence-corrected chi connectivity index (χ4v) is 3.55. The minimum absolute atomic E-state index is 0.0692. The Balaban J connectivity index is 1.63. The molecule has 1 aromatic rings. The number of hydrazine groups is 1. The van der Waals surface area contributed by atoms with Crippen molar-refractivity contribution in [2.75, 3.05) is 32.7 Å². The van der Waals surface area contributed by atoms with Gasteiger partial charge >= 0.3 is 0 Å². The number of nitrogens with zero attached hydrogens (tertiary/aromatic N) is 2. The van der Waals surface area contributed by atoms with Gasteiger partial charge in [0.05, 0.1) is 12.0 Å². The number of piperazine rings is 1. The van der Waals surface area contributed by atoms with E-state index in [2.05, 4.69) is 10.9 Å². The van der Waals surface area contributed by atoms with E-state index in [1.807, 2.05) is 30.6 Å². The number of amides is 2. The Morgan fingerprint density at radius 2 is 1.62 bits per heavy atom. The van der Waals surface area contributed by atoms with E-state index >= 15 is 0 Å². The summed E-state index contributed by atoms with van der Waals surface area (Å²) in [5.74, 6) is -0.342. The maximum Gasteiger partial charge on any atom is 0.229 e. The van der Waals surface area contributed by atoms with Gasteiger partial charge < -0.3 is 9.80 Å². The van der Waals surface area contributed by atoms with E-state index in [1.165, 1.54) is 12.1 Å². The molecule has 2 unspecified atom stereocenters. The van der Waals surface area contributed by atoms with E-state index < -0.39 is 5.41 Å². The molecule has 7 heteroatoms. The molecule has 2 aliphatic rings. The van der Waals surface area contributed by atoms with Crippen molar-refractivity contribution in [3.63, 3.8) is 0 Å². The van der Waals surface area contributed by atoms with Crippen LogP contribution < -0.4 is 10.9 Å². The Bertz CT molecular complexity index is 663. The molecule has 0 bridgehead atoms. The van der Waals surface area contributed by atoms with Gasteiger partial charge in [0, 0.05) is 38.1 Å². The van der Waals surface area contributed by atoms with Crippen molar-refractivity contribution in [3.8, 4) is 0 Å². The number of carbonyl (C=O) groups is 2. The summed E-state index contributed by atoms with van der Waals surface area (Å²) < 4.78 is 13.2. The molecule has 26 heavy (non-hydrogen) atoms. The summed E-state index contributed by atoms with van der Waals surface area (Å²) in [6.07, 6.45) is 0. The van der Waals surface area contributed by atoms with E-state index in [1.54, 1.807) is 12.1 Å². The number of nitrogens with one attached hydrogen (secondary N) is 2. The van der Waals surface area contributed by atoms with Crippen LogP contribution >= 0.6 is 0 Å². The minimum atomic E-state index is -0.404. The SMILES string of the molecule is CC(C)(C)C(=O)N1CCN(C(=O)C2CNNC2c2ccc(F)cc2)CC1. The molecule has 2 amide bonds. The van der Waals surface area contributed by atoms with Crippen LogP contribution in [-0.2, 0) is 9.59 Å². The average Bonchev–Trinajstić information content (AvgIpc) is 3.10. The summed E-state index contributed by atoms with van der Waals surface area (Å²) in [6.45, 7) is 8.50. The fraction of sp³-hybridized carbons (Fsp3) is 0.579. The predicted molar refractivity (Wildman–Crippen MR) is 96.4 cm³/mol. The molecule has 0 aromatic heterocycles. The third kappa shape index (κ3) is 3.88. The van der Waals surface area contributed by atoms with E-state index in [0.717, 1.165) is 5.56 Å². The molecule has 2 N–H and O–H groups in total. The lowest BCUT2D eigenvalue weighted by molar-refractivity contribution is -0.146. The number of carbonyl (C=O) groups excluding carboxylic acids is 2. The number of benzene rings is 1. The van der Waals surface area contributed by atoms with Crippen molar-refractivity contribution in [1.29, 1.82) is 0 Å². The molecule has 0 saturated carbocycles. The lowest BCUT2D eigenvalue weighted by Crippen LogP contribution is -2.54. The first-order chi connectivity index (χ1) is 12.3. The molecule has 0 aliphatic carbocycles. The smallest absolute Gasteiger partial charge is 0.229 e. The monoisotopic (exact) mass is 362 g/mol. The topological polar surface area (TPSA) is 64.7 Å². The molecular weight excluding hydrogens is 335 g/mol. The van der Waals surface area contributed by atoms with Crippen molar-refractivity contribution in [1.82, 2.24) is 20.7 Å². The molecule has 2 fully saturated rings. The van der Waals surface area contributed by atoms with Crippen LogP contribution in [0.4, 0.5) is 4.39 Å². The second kappa shape index (κ2) is 7.32. The molecule has 6 nitrogen and oxygen atoms in total. The molecule has 2 atom stereocenters. The quantitative estimate of drug-likeness (QED) is 0.833. The Morgan fingerprint density at radius 1 is 1.04 bits per heavy atom. The van der Waals surface area contributed by atoms with Crippen molar-refractivity contribution in [2.24, 2.45) is 11.3 Å². The van der Waals surface area contributed by atoms with Gasteiger partial charge in [-0.25, -0.2) is 9.82 Å². The van der Waals surface area contributed by atoms with E-state index in [9.17, 15) is 14.0 Å². The van der Waals surface area contributed by atoms with Gasteiger partial charge in [-0.1, -0.05) is 32.9 Å². The summed E-state index contributed by atoms with van der Waals surface area (Å²) in [6, 6.07) is 6.06. The molecule has 3 rings (SSSR count). The molecule has 1 aromatic carbocycles. The molecule has 2 saturated heterocycles. The zero-order valence-corrected chi connectivity index (χ0v) is 15.6. The highest BCUT2D eigenvalue weighted by atomic mass is 19.1. The van der Waals surface area contributed by atoms with Gasteiger partial charge in [-0.2, -0.15) is 0 Å². The largest absolute Gasteiger partial charge is 0.339 e. The third-order valence-electron chi connectivity index (χ3n) is 5.05. The summed E-state index contributed by atoms with van der Waals surface area (Å²) in [4.78, 5) is 29.1. The lowest BCUT2D eigenvalue weighted by Gasteiger charge is -2.38. The normalized spacial score (nSPS) is 24.0.